The molecule has 0 atom stereocenters. The quantitative estimate of drug-likeness (QED) is 0.886. The monoisotopic (exact) mass is 278 g/mol. The van der Waals surface area contributed by atoms with Crippen molar-refractivity contribution in [2.75, 3.05) is 18.0 Å². The second-order valence-corrected chi connectivity index (χ2v) is 5.06. The van der Waals surface area contributed by atoms with E-state index in [0.717, 1.165) is 25.9 Å². The van der Waals surface area contributed by atoms with Gasteiger partial charge in [0.1, 0.15) is 11.6 Å². The first-order chi connectivity index (χ1) is 9.65. The first-order valence-corrected chi connectivity index (χ1v) is 6.65. The lowest BCUT2D eigenvalue weighted by molar-refractivity contribution is 0.498. The third kappa shape index (κ3) is 2.38. The van der Waals surface area contributed by atoms with Crippen LogP contribution in [0.2, 0.25) is 0 Å². The Balaban J connectivity index is 1.87. The molecule has 0 aliphatic carbocycles. The topological polar surface area (TPSA) is 57.9 Å². The molecule has 0 bridgehead atoms. The van der Waals surface area contributed by atoms with E-state index in [0.29, 0.717) is 11.5 Å². The van der Waals surface area contributed by atoms with Gasteiger partial charge in [-0.1, -0.05) is 6.07 Å². The molecule has 4 nitrogen and oxygen atoms in total. The van der Waals surface area contributed by atoms with Crippen LogP contribution in [-0.4, -0.2) is 29.3 Å². The van der Waals surface area contributed by atoms with Gasteiger partial charge >= 0.3 is 0 Å². The number of halogens is 2. The van der Waals surface area contributed by atoms with Crippen molar-refractivity contribution in [3.8, 4) is 11.3 Å². The number of aromatic amines is 1. The summed E-state index contributed by atoms with van der Waals surface area (Å²) in [5.74, 6) is -0.490. The number of anilines is 1. The van der Waals surface area contributed by atoms with Crippen molar-refractivity contribution in [1.29, 1.82) is 0 Å². The predicted octanol–water partition coefficient (Wildman–Crippen LogP) is 2.28. The summed E-state index contributed by atoms with van der Waals surface area (Å²) < 4.78 is 27.4. The first kappa shape index (κ1) is 13.1. The molecule has 0 spiro atoms. The molecule has 106 valence electrons. The van der Waals surface area contributed by atoms with Gasteiger partial charge in [-0.2, -0.15) is 5.10 Å². The fraction of sp³-hybridized carbons (Fsp3) is 0.357. The molecule has 0 radical (unpaired) electrons. The van der Waals surface area contributed by atoms with Gasteiger partial charge in [-0.3, -0.25) is 5.10 Å². The zero-order valence-corrected chi connectivity index (χ0v) is 10.9. The van der Waals surface area contributed by atoms with Gasteiger partial charge < -0.3 is 10.6 Å². The van der Waals surface area contributed by atoms with Crippen molar-refractivity contribution < 1.29 is 8.78 Å². The first-order valence-electron chi connectivity index (χ1n) is 6.65. The number of H-pyrrole nitrogens is 1. The number of hydrogen-bond acceptors (Lipinski definition) is 3. The summed E-state index contributed by atoms with van der Waals surface area (Å²) >= 11 is 0. The van der Waals surface area contributed by atoms with Crippen molar-refractivity contribution >= 4 is 5.82 Å². The summed E-state index contributed by atoms with van der Waals surface area (Å²) in [6.45, 7) is 1.62. The van der Waals surface area contributed by atoms with Gasteiger partial charge in [0, 0.05) is 25.2 Å². The third-order valence-corrected chi connectivity index (χ3v) is 3.66. The summed E-state index contributed by atoms with van der Waals surface area (Å²) in [6.07, 6.45) is 1.80. The van der Waals surface area contributed by atoms with E-state index in [4.69, 9.17) is 5.73 Å². The van der Waals surface area contributed by atoms with E-state index < -0.39 is 11.6 Å². The lowest BCUT2D eigenvalue weighted by atomic mass is 10.1. The molecule has 0 unspecified atom stereocenters. The molecule has 1 aromatic carbocycles. The lowest BCUT2D eigenvalue weighted by Gasteiger charge is -2.29. The third-order valence-electron chi connectivity index (χ3n) is 3.66. The number of nitrogens with zero attached hydrogens (tertiary/aromatic N) is 2. The fourth-order valence-electron chi connectivity index (χ4n) is 2.48. The van der Waals surface area contributed by atoms with Gasteiger partial charge in [-0.25, -0.2) is 8.78 Å². The Hall–Kier alpha value is -1.95. The Labute approximate surface area is 115 Å². The van der Waals surface area contributed by atoms with Gasteiger partial charge in [0.05, 0.1) is 11.3 Å². The standard InChI is InChI=1S/C14H16F2N4/c15-10-2-1-3-11(16)14(10)12-8-13(19-18-12)20-6-4-9(17)5-7-20/h1-3,8-9H,4-7,17H2,(H,18,19). The van der Waals surface area contributed by atoms with Crippen LogP contribution in [0.5, 0.6) is 0 Å². The minimum absolute atomic E-state index is 0.0695. The molecular formula is C14H16F2N4. The van der Waals surface area contributed by atoms with Crippen LogP contribution in [0, 0.1) is 11.6 Å². The molecule has 1 saturated heterocycles. The zero-order chi connectivity index (χ0) is 14.1. The van der Waals surface area contributed by atoms with Crippen LogP contribution < -0.4 is 10.6 Å². The van der Waals surface area contributed by atoms with Crippen LogP contribution in [0.15, 0.2) is 24.3 Å². The van der Waals surface area contributed by atoms with Crippen LogP contribution in [0.25, 0.3) is 11.3 Å². The predicted molar refractivity (Wildman–Crippen MR) is 73.4 cm³/mol. The highest BCUT2D eigenvalue weighted by molar-refractivity contribution is 5.64. The zero-order valence-electron chi connectivity index (χ0n) is 10.9. The highest BCUT2D eigenvalue weighted by Crippen LogP contribution is 2.27. The number of aromatic nitrogens is 2. The number of rotatable bonds is 2. The molecule has 2 aromatic rings. The van der Waals surface area contributed by atoms with E-state index in [1.165, 1.54) is 18.2 Å². The highest BCUT2D eigenvalue weighted by Gasteiger charge is 2.20. The molecule has 1 fully saturated rings. The Morgan fingerprint density at radius 2 is 1.85 bits per heavy atom. The van der Waals surface area contributed by atoms with Crippen molar-refractivity contribution in [3.63, 3.8) is 0 Å². The van der Waals surface area contributed by atoms with E-state index >= 15 is 0 Å². The van der Waals surface area contributed by atoms with Crippen LogP contribution >= 0.6 is 0 Å². The average molecular weight is 278 g/mol. The summed E-state index contributed by atoms with van der Waals surface area (Å²) in [5.41, 5.74) is 6.14. The largest absolute Gasteiger partial charge is 0.355 e. The Bertz CT molecular complexity index is 583. The molecule has 3 rings (SSSR count). The fourth-order valence-corrected chi connectivity index (χ4v) is 2.48. The maximum atomic E-state index is 13.7. The smallest absolute Gasteiger partial charge is 0.150 e. The minimum atomic E-state index is -0.596. The highest BCUT2D eigenvalue weighted by atomic mass is 19.1. The minimum Gasteiger partial charge on any atom is -0.355 e. The van der Waals surface area contributed by atoms with E-state index in [9.17, 15) is 8.78 Å². The summed E-state index contributed by atoms with van der Waals surface area (Å²) in [4.78, 5) is 2.07. The summed E-state index contributed by atoms with van der Waals surface area (Å²) in [6, 6.07) is 5.72. The van der Waals surface area contributed by atoms with Gasteiger partial charge in [0.2, 0.25) is 0 Å². The second kappa shape index (κ2) is 5.20. The van der Waals surface area contributed by atoms with Gasteiger partial charge in [-0.05, 0) is 25.0 Å². The van der Waals surface area contributed by atoms with E-state index in [2.05, 4.69) is 15.1 Å². The van der Waals surface area contributed by atoms with Crippen molar-refractivity contribution in [2.24, 2.45) is 5.73 Å². The summed E-state index contributed by atoms with van der Waals surface area (Å²) in [5, 5.41) is 6.86. The van der Waals surface area contributed by atoms with Crippen molar-refractivity contribution in [3.05, 3.63) is 35.9 Å². The normalized spacial score (nSPS) is 16.6. The summed E-state index contributed by atoms with van der Waals surface area (Å²) in [7, 11) is 0. The van der Waals surface area contributed by atoms with Crippen molar-refractivity contribution in [1.82, 2.24) is 10.2 Å². The van der Waals surface area contributed by atoms with Crippen LogP contribution in [-0.2, 0) is 0 Å². The molecule has 0 saturated carbocycles. The van der Waals surface area contributed by atoms with E-state index in [1.54, 1.807) is 6.07 Å². The Morgan fingerprint density at radius 3 is 2.50 bits per heavy atom. The van der Waals surface area contributed by atoms with Crippen LogP contribution in [0.1, 0.15) is 12.8 Å². The molecule has 1 aliphatic heterocycles. The number of piperidine rings is 1. The van der Waals surface area contributed by atoms with Gasteiger partial charge in [0.25, 0.3) is 0 Å². The molecule has 1 aliphatic rings. The van der Waals surface area contributed by atoms with Crippen molar-refractivity contribution in [2.45, 2.75) is 18.9 Å². The molecule has 2 heterocycles. The molecule has 20 heavy (non-hydrogen) atoms. The maximum Gasteiger partial charge on any atom is 0.150 e. The Morgan fingerprint density at radius 1 is 1.20 bits per heavy atom. The van der Waals surface area contributed by atoms with Gasteiger partial charge in [0.15, 0.2) is 5.82 Å². The van der Waals surface area contributed by atoms with Gasteiger partial charge in [-0.15, -0.1) is 0 Å². The SMILES string of the molecule is NC1CCN(c2cc(-c3c(F)cccc3F)[nH]n2)CC1. The molecule has 1 aromatic heterocycles. The van der Waals surface area contributed by atoms with E-state index in [1.807, 2.05) is 0 Å². The molecule has 6 heteroatoms. The average Bonchev–Trinajstić information content (AvgIpc) is 2.89. The molecular weight excluding hydrogens is 262 g/mol. The molecule has 0 amide bonds. The molecule has 3 N–H and O–H groups in total. The number of nitrogens with one attached hydrogen (secondary N) is 1. The van der Waals surface area contributed by atoms with Crippen LogP contribution in [0.4, 0.5) is 14.6 Å². The number of benzene rings is 1. The second-order valence-electron chi connectivity index (χ2n) is 5.06. The number of hydrogen-bond donors (Lipinski definition) is 2. The maximum absolute atomic E-state index is 13.7. The van der Waals surface area contributed by atoms with Crippen LogP contribution in [0.3, 0.4) is 0 Å². The lowest BCUT2D eigenvalue weighted by Crippen LogP contribution is -2.39. The number of nitrogens with two attached hydrogens (primary N) is 1. The van der Waals surface area contributed by atoms with E-state index in [-0.39, 0.29) is 11.6 Å². The Kier molecular flexibility index (Phi) is 3.40.